The van der Waals surface area contributed by atoms with Gasteiger partial charge in [-0.1, -0.05) is 31.1 Å². The van der Waals surface area contributed by atoms with Crippen molar-refractivity contribution in [3.05, 3.63) is 4.88 Å². The molecule has 0 saturated carbocycles. The summed E-state index contributed by atoms with van der Waals surface area (Å²) in [6.45, 7) is 2.98. The number of likely N-dealkylation sites (tertiary alicyclic amines) is 1. The first-order valence-corrected chi connectivity index (χ1v) is 7.74. The number of rotatable bonds is 3. The van der Waals surface area contributed by atoms with Gasteiger partial charge in [0.1, 0.15) is 10.7 Å². The molecule has 0 radical (unpaired) electrons. The van der Waals surface area contributed by atoms with E-state index in [1.807, 2.05) is 4.90 Å². The van der Waals surface area contributed by atoms with Crippen LogP contribution in [0.2, 0.25) is 0 Å². The summed E-state index contributed by atoms with van der Waals surface area (Å²) < 4.78 is 0. The molecule has 1 aromatic rings. The molecule has 0 aromatic carbocycles. The van der Waals surface area contributed by atoms with Gasteiger partial charge in [-0.2, -0.15) is 0 Å². The lowest BCUT2D eigenvalue weighted by atomic mass is 10.1. The molecule has 1 aliphatic rings. The lowest BCUT2D eigenvalue weighted by Gasteiger charge is -2.28. The van der Waals surface area contributed by atoms with E-state index in [9.17, 15) is 4.79 Å². The molecule has 1 saturated heterocycles. The molecule has 0 aliphatic carbocycles. The fourth-order valence-electron chi connectivity index (χ4n) is 2.59. The van der Waals surface area contributed by atoms with Gasteiger partial charge >= 0.3 is 0 Å². The molecule has 0 spiro atoms. The second kappa shape index (κ2) is 6.23. The first-order chi connectivity index (χ1) is 9.17. The van der Waals surface area contributed by atoms with E-state index in [1.165, 1.54) is 24.2 Å². The van der Waals surface area contributed by atoms with Gasteiger partial charge in [-0.15, -0.1) is 0 Å². The van der Waals surface area contributed by atoms with Crippen LogP contribution in [0.5, 0.6) is 0 Å². The van der Waals surface area contributed by atoms with Crippen molar-refractivity contribution in [3.8, 4) is 0 Å². The monoisotopic (exact) mass is 282 g/mol. The highest BCUT2D eigenvalue weighted by Gasteiger charge is 2.28. The van der Waals surface area contributed by atoms with Gasteiger partial charge in [-0.25, -0.2) is 4.98 Å². The maximum Gasteiger partial charge on any atom is 0.268 e. The second-order valence-electron chi connectivity index (χ2n) is 4.89. The molecule has 1 aliphatic heterocycles. The Labute approximate surface area is 118 Å². The van der Waals surface area contributed by atoms with Crippen LogP contribution >= 0.6 is 11.3 Å². The van der Waals surface area contributed by atoms with Crippen LogP contribution in [0.4, 0.5) is 10.9 Å². The highest BCUT2D eigenvalue weighted by atomic mass is 32.1. The number of aromatic nitrogens is 1. The standard InChI is InChI=1S/C13H22N4OS/c1-3-9-7-5-4-6-8-17(9)12(18)10-11(14)16-13(15-2)19-10/h9H,3-8,14H2,1-2H3,(H,15,16). The largest absolute Gasteiger partial charge is 0.382 e. The number of hydrogen-bond donors (Lipinski definition) is 2. The Morgan fingerprint density at radius 1 is 1.53 bits per heavy atom. The Bertz CT molecular complexity index is 446. The molecular formula is C13H22N4OS. The zero-order valence-electron chi connectivity index (χ0n) is 11.6. The summed E-state index contributed by atoms with van der Waals surface area (Å²) >= 11 is 1.34. The van der Waals surface area contributed by atoms with Crippen LogP contribution < -0.4 is 11.1 Å². The van der Waals surface area contributed by atoms with Crippen molar-refractivity contribution in [1.29, 1.82) is 0 Å². The fraction of sp³-hybridized carbons (Fsp3) is 0.692. The summed E-state index contributed by atoms with van der Waals surface area (Å²) in [6.07, 6.45) is 5.60. The van der Waals surface area contributed by atoms with Gasteiger partial charge in [-0.05, 0) is 19.3 Å². The Balaban J connectivity index is 2.22. The van der Waals surface area contributed by atoms with E-state index in [-0.39, 0.29) is 5.91 Å². The summed E-state index contributed by atoms with van der Waals surface area (Å²) in [6, 6.07) is 0.342. The third kappa shape index (κ3) is 3.00. The highest BCUT2D eigenvalue weighted by molar-refractivity contribution is 7.18. The van der Waals surface area contributed by atoms with Crippen LogP contribution in [0.1, 0.15) is 48.7 Å². The van der Waals surface area contributed by atoms with E-state index < -0.39 is 0 Å². The topological polar surface area (TPSA) is 71.2 Å². The molecule has 3 N–H and O–H groups in total. The zero-order valence-corrected chi connectivity index (χ0v) is 12.4. The lowest BCUT2D eigenvalue weighted by molar-refractivity contribution is 0.0684. The number of amides is 1. The minimum atomic E-state index is 0.0465. The number of carbonyl (C=O) groups excluding carboxylic acids is 1. The smallest absolute Gasteiger partial charge is 0.268 e. The number of hydrogen-bond acceptors (Lipinski definition) is 5. The highest BCUT2D eigenvalue weighted by Crippen LogP contribution is 2.29. The van der Waals surface area contributed by atoms with Gasteiger partial charge in [-0.3, -0.25) is 4.79 Å². The maximum atomic E-state index is 12.7. The number of nitrogens with one attached hydrogen (secondary N) is 1. The molecule has 1 fully saturated rings. The van der Waals surface area contributed by atoms with Gasteiger partial charge in [0, 0.05) is 19.6 Å². The average molecular weight is 282 g/mol. The Hall–Kier alpha value is -1.30. The quantitative estimate of drug-likeness (QED) is 0.894. The molecule has 6 heteroatoms. The third-order valence-corrected chi connectivity index (χ3v) is 4.75. The summed E-state index contributed by atoms with van der Waals surface area (Å²) in [5.41, 5.74) is 5.86. The summed E-state index contributed by atoms with van der Waals surface area (Å²) in [4.78, 5) is 19.4. The van der Waals surface area contributed by atoms with Crippen LogP contribution in [0.25, 0.3) is 0 Å². The van der Waals surface area contributed by atoms with Crippen molar-refractivity contribution >= 4 is 28.2 Å². The van der Waals surface area contributed by atoms with Gasteiger partial charge < -0.3 is 16.0 Å². The molecular weight excluding hydrogens is 260 g/mol. The van der Waals surface area contributed by atoms with Crippen molar-refractivity contribution < 1.29 is 4.79 Å². The molecule has 1 amide bonds. The predicted octanol–water partition coefficient (Wildman–Crippen LogP) is 2.56. The Morgan fingerprint density at radius 3 is 2.95 bits per heavy atom. The lowest BCUT2D eigenvalue weighted by Crippen LogP contribution is -2.39. The molecule has 2 heterocycles. The van der Waals surface area contributed by atoms with Crippen molar-refractivity contribution in [1.82, 2.24) is 9.88 Å². The first-order valence-electron chi connectivity index (χ1n) is 6.92. The Morgan fingerprint density at radius 2 is 2.32 bits per heavy atom. The van der Waals surface area contributed by atoms with Crippen LogP contribution in [0.3, 0.4) is 0 Å². The number of thiazole rings is 1. The van der Waals surface area contributed by atoms with E-state index in [1.54, 1.807) is 7.05 Å². The van der Waals surface area contributed by atoms with Crippen molar-refractivity contribution in [3.63, 3.8) is 0 Å². The molecule has 1 atom stereocenters. The SMILES string of the molecule is CCC1CCCCCN1C(=O)c1sc(NC)nc1N. The normalized spacial score (nSPS) is 20.1. The van der Waals surface area contributed by atoms with Crippen molar-refractivity contribution in [2.75, 3.05) is 24.6 Å². The fourth-order valence-corrected chi connectivity index (χ4v) is 3.39. The van der Waals surface area contributed by atoms with Crippen LogP contribution in [0, 0.1) is 0 Å². The third-order valence-electron chi connectivity index (χ3n) is 3.67. The van der Waals surface area contributed by atoms with Crippen molar-refractivity contribution in [2.45, 2.75) is 45.1 Å². The summed E-state index contributed by atoms with van der Waals surface area (Å²) in [7, 11) is 1.79. The van der Waals surface area contributed by atoms with Gasteiger partial charge in [0.25, 0.3) is 5.91 Å². The molecule has 1 aromatic heterocycles. The summed E-state index contributed by atoms with van der Waals surface area (Å²) in [5.74, 6) is 0.392. The van der Waals surface area contributed by atoms with E-state index in [2.05, 4.69) is 17.2 Å². The predicted molar refractivity (Wildman–Crippen MR) is 79.7 cm³/mol. The van der Waals surface area contributed by atoms with E-state index in [0.29, 0.717) is 21.9 Å². The molecule has 1 unspecified atom stereocenters. The second-order valence-corrected chi connectivity index (χ2v) is 5.89. The average Bonchev–Trinajstić information content (AvgIpc) is 2.64. The zero-order chi connectivity index (χ0) is 13.8. The molecule has 5 nitrogen and oxygen atoms in total. The van der Waals surface area contributed by atoms with Crippen LogP contribution in [0.15, 0.2) is 0 Å². The molecule has 2 rings (SSSR count). The van der Waals surface area contributed by atoms with Gasteiger partial charge in [0.15, 0.2) is 5.13 Å². The number of nitrogens with zero attached hydrogens (tertiary/aromatic N) is 2. The van der Waals surface area contributed by atoms with E-state index >= 15 is 0 Å². The van der Waals surface area contributed by atoms with E-state index in [4.69, 9.17) is 5.73 Å². The Kier molecular flexibility index (Phi) is 4.63. The molecule has 19 heavy (non-hydrogen) atoms. The van der Waals surface area contributed by atoms with Crippen LogP contribution in [-0.2, 0) is 0 Å². The minimum absolute atomic E-state index is 0.0465. The first kappa shape index (κ1) is 14.1. The molecule has 0 bridgehead atoms. The van der Waals surface area contributed by atoms with Gasteiger partial charge in [0.05, 0.1) is 0 Å². The number of anilines is 2. The van der Waals surface area contributed by atoms with Crippen LogP contribution in [-0.4, -0.2) is 35.4 Å². The minimum Gasteiger partial charge on any atom is -0.382 e. The van der Waals surface area contributed by atoms with E-state index in [0.717, 1.165) is 25.8 Å². The summed E-state index contributed by atoms with van der Waals surface area (Å²) in [5, 5.41) is 3.64. The molecule has 106 valence electrons. The number of carbonyl (C=O) groups is 1. The number of nitrogens with two attached hydrogens (primary N) is 1. The maximum absolute atomic E-state index is 12.7. The van der Waals surface area contributed by atoms with Crippen molar-refractivity contribution in [2.24, 2.45) is 0 Å². The number of nitrogen functional groups attached to an aromatic ring is 1. The van der Waals surface area contributed by atoms with Gasteiger partial charge in [0.2, 0.25) is 0 Å².